The first-order chi connectivity index (χ1) is 16.2. The van der Waals surface area contributed by atoms with E-state index in [1.807, 2.05) is 13.8 Å². The van der Waals surface area contributed by atoms with E-state index in [1.165, 1.54) is 29.7 Å². The number of amides is 3. The van der Waals surface area contributed by atoms with Crippen molar-refractivity contribution >= 4 is 23.4 Å². The summed E-state index contributed by atoms with van der Waals surface area (Å²) in [5, 5.41) is 25.2. The summed E-state index contributed by atoms with van der Waals surface area (Å²) < 4.78 is 0. The zero-order chi connectivity index (χ0) is 25.1. The quantitative estimate of drug-likeness (QED) is 0.209. The molecule has 34 heavy (non-hydrogen) atoms. The molecule has 1 heterocycles. The number of hydrogen-bond donors (Lipinski definition) is 4. The molecule has 0 unspecified atom stereocenters. The van der Waals surface area contributed by atoms with E-state index in [1.54, 1.807) is 24.4 Å². The maximum Gasteiger partial charge on any atom is 0.269 e. The summed E-state index contributed by atoms with van der Waals surface area (Å²) in [5.41, 5.74) is 2.69. The van der Waals surface area contributed by atoms with Crippen molar-refractivity contribution in [3.8, 4) is 0 Å². The number of nitro groups is 1. The number of aromatic nitrogens is 1. The lowest BCUT2D eigenvalue weighted by atomic mass is 9.92. The molecular weight excluding hydrogens is 442 g/mol. The summed E-state index contributed by atoms with van der Waals surface area (Å²) in [7, 11) is 0. The standard InChI is InChI=1S/C23H29N5O6/c1-15(2)11-17(13-21(29)27-32)22(30)26-20(12-16-6-8-19(9-7-16)28(33)34)23(31)25-14-18-5-3-4-10-24-18/h3-10,15,17,20,32H,11-14H2,1-2H3,(H,25,31)(H,26,30)(H,27,29)/t17-,20+/m1/s1. The number of nitrogens with zero attached hydrogens (tertiary/aromatic N) is 2. The van der Waals surface area contributed by atoms with Crippen molar-refractivity contribution in [2.24, 2.45) is 11.8 Å². The maximum atomic E-state index is 13.0. The van der Waals surface area contributed by atoms with Gasteiger partial charge in [0, 0.05) is 37.1 Å². The maximum absolute atomic E-state index is 13.0. The van der Waals surface area contributed by atoms with Crippen LogP contribution >= 0.6 is 0 Å². The molecule has 0 spiro atoms. The Kier molecular flexibility index (Phi) is 10.1. The second-order valence-corrected chi connectivity index (χ2v) is 8.29. The lowest BCUT2D eigenvalue weighted by Gasteiger charge is -2.23. The normalized spacial score (nSPS) is 12.5. The van der Waals surface area contributed by atoms with Gasteiger partial charge in [0.15, 0.2) is 0 Å². The van der Waals surface area contributed by atoms with Crippen LogP contribution in [0.1, 0.15) is 37.9 Å². The Hall–Kier alpha value is -3.86. The Morgan fingerprint density at radius 2 is 1.79 bits per heavy atom. The van der Waals surface area contributed by atoms with Gasteiger partial charge in [0.2, 0.25) is 17.7 Å². The number of nitrogens with one attached hydrogen (secondary N) is 3. The molecule has 182 valence electrons. The number of carbonyl (C=O) groups is 3. The van der Waals surface area contributed by atoms with Gasteiger partial charge in [0.05, 0.1) is 17.2 Å². The Morgan fingerprint density at radius 1 is 1.09 bits per heavy atom. The molecule has 0 aliphatic carbocycles. The van der Waals surface area contributed by atoms with Crippen LogP contribution in [0.2, 0.25) is 0 Å². The number of carbonyl (C=O) groups excluding carboxylic acids is 3. The van der Waals surface area contributed by atoms with Crippen LogP contribution in [0.5, 0.6) is 0 Å². The molecule has 1 aromatic heterocycles. The average molecular weight is 472 g/mol. The van der Waals surface area contributed by atoms with Crippen LogP contribution < -0.4 is 16.1 Å². The second-order valence-electron chi connectivity index (χ2n) is 8.29. The van der Waals surface area contributed by atoms with Crippen LogP contribution in [0, 0.1) is 22.0 Å². The molecule has 4 N–H and O–H groups in total. The Labute approximate surface area is 197 Å². The monoisotopic (exact) mass is 471 g/mol. The number of pyridine rings is 1. The predicted octanol–water partition coefficient (Wildman–Crippen LogP) is 1.89. The molecule has 0 fully saturated rings. The fraction of sp³-hybridized carbons (Fsp3) is 0.391. The van der Waals surface area contributed by atoms with Crippen molar-refractivity contribution in [3.05, 3.63) is 70.0 Å². The summed E-state index contributed by atoms with van der Waals surface area (Å²) >= 11 is 0. The summed E-state index contributed by atoms with van der Waals surface area (Å²) in [6, 6.07) is 9.98. The molecule has 1 aromatic carbocycles. The third kappa shape index (κ3) is 8.58. The smallest absolute Gasteiger partial charge is 0.269 e. The predicted molar refractivity (Wildman–Crippen MR) is 122 cm³/mol. The van der Waals surface area contributed by atoms with Crippen LogP contribution in [0.4, 0.5) is 5.69 Å². The number of nitro benzene ring substituents is 1. The van der Waals surface area contributed by atoms with Crippen molar-refractivity contribution in [1.82, 2.24) is 21.1 Å². The SMILES string of the molecule is CC(C)C[C@H](CC(=O)NO)C(=O)N[C@@H](Cc1ccc([N+](=O)[O-])cc1)C(=O)NCc1ccccn1. The van der Waals surface area contributed by atoms with Crippen LogP contribution in [-0.2, 0) is 27.3 Å². The molecule has 11 nitrogen and oxygen atoms in total. The second kappa shape index (κ2) is 13.0. The lowest BCUT2D eigenvalue weighted by Crippen LogP contribution is -2.50. The van der Waals surface area contributed by atoms with Crippen molar-refractivity contribution in [2.75, 3.05) is 0 Å². The van der Waals surface area contributed by atoms with E-state index < -0.39 is 34.6 Å². The van der Waals surface area contributed by atoms with Crippen molar-refractivity contribution < 1.29 is 24.5 Å². The van der Waals surface area contributed by atoms with E-state index in [0.717, 1.165) is 0 Å². The molecule has 0 bridgehead atoms. The average Bonchev–Trinajstić information content (AvgIpc) is 2.82. The van der Waals surface area contributed by atoms with Gasteiger partial charge in [-0.05, 0) is 30.0 Å². The Morgan fingerprint density at radius 3 is 2.35 bits per heavy atom. The van der Waals surface area contributed by atoms with Gasteiger partial charge < -0.3 is 10.6 Å². The van der Waals surface area contributed by atoms with Crippen molar-refractivity contribution in [3.63, 3.8) is 0 Å². The molecule has 0 saturated heterocycles. The number of hydroxylamine groups is 1. The molecule has 0 aliphatic heterocycles. The van der Waals surface area contributed by atoms with Gasteiger partial charge in [-0.25, -0.2) is 5.48 Å². The Balaban J connectivity index is 2.19. The van der Waals surface area contributed by atoms with Gasteiger partial charge in [0.1, 0.15) is 6.04 Å². The Bertz CT molecular complexity index is 981. The molecule has 2 aromatic rings. The number of benzene rings is 1. The summed E-state index contributed by atoms with van der Waals surface area (Å²) in [6.07, 6.45) is 1.82. The zero-order valence-electron chi connectivity index (χ0n) is 19.1. The van der Waals surface area contributed by atoms with Crippen molar-refractivity contribution in [1.29, 1.82) is 0 Å². The van der Waals surface area contributed by atoms with Crippen LogP contribution in [0.25, 0.3) is 0 Å². The molecule has 0 aliphatic rings. The number of hydrogen-bond acceptors (Lipinski definition) is 7. The number of rotatable bonds is 12. The molecule has 11 heteroatoms. The minimum absolute atomic E-state index is 0.0817. The van der Waals surface area contributed by atoms with Crippen LogP contribution in [0.15, 0.2) is 48.7 Å². The first kappa shape index (κ1) is 26.4. The summed E-state index contributed by atoms with van der Waals surface area (Å²) in [5.74, 6) is -2.33. The van der Waals surface area contributed by atoms with E-state index >= 15 is 0 Å². The summed E-state index contributed by atoms with van der Waals surface area (Å²) in [6.45, 7) is 3.94. The van der Waals surface area contributed by atoms with E-state index in [0.29, 0.717) is 17.7 Å². The van der Waals surface area contributed by atoms with Crippen LogP contribution in [0.3, 0.4) is 0 Å². The molecule has 2 atom stereocenters. The minimum atomic E-state index is -0.996. The highest BCUT2D eigenvalue weighted by Gasteiger charge is 2.28. The first-order valence-electron chi connectivity index (χ1n) is 10.8. The van der Waals surface area contributed by atoms with E-state index in [9.17, 15) is 24.5 Å². The van der Waals surface area contributed by atoms with Gasteiger partial charge in [-0.3, -0.25) is 34.7 Å². The van der Waals surface area contributed by atoms with Gasteiger partial charge in [-0.2, -0.15) is 0 Å². The molecule has 3 amide bonds. The fourth-order valence-corrected chi connectivity index (χ4v) is 3.41. The highest BCUT2D eigenvalue weighted by atomic mass is 16.6. The third-order valence-electron chi connectivity index (χ3n) is 5.07. The lowest BCUT2D eigenvalue weighted by molar-refractivity contribution is -0.384. The molecule has 2 rings (SSSR count). The topological polar surface area (TPSA) is 164 Å². The number of non-ortho nitro benzene ring substituents is 1. The zero-order valence-corrected chi connectivity index (χ0v) is 19.1. The highest BCUT2D eigenvalue weighted by Crippen LogP contribution is 2.17. The molecular formula is C23H29N5O6. The first-order valence-corrected chi connectivity index (χ1v) is 10.8. The van der Waals surface area contributed by atoms with E-state index in [4.69, 9.17) is 5.21 Å². The summed E-state index contributed by atoms with van der Waals surface area (Å²) in [4.78, 5) is 52.2. The fourth-order valence-electron chi connectivity index (χ4n) is 3.41. The molecule has 0 radical (unpaired) electrons. The van der Waals surface area contributed by atoms with E-state index in [-0.39, 0.29) is 31.0 Å². The van der Waals surface area contributed by atoms with Crippen molar-refractivity contribution in [2.45, 2.75) is 45.7 Å². The van der Waals surface area contributed by atoms with Gasteiger partial charge in [-0.15, -0.1) is 0 Å². The highest BCUT2D eigenvalue weighted by molar-refractivity contribution is 5.90. The largest absolute Gasteiger partial charge is 0.349 e. The van der Waals surface area contributed by atoms with Gasteiger partial charge in [-0.1, -0.05) is 32.0 Å². The third-order valence-corrected chi connectivity index (χ3v) is 5.07. The van der Waals surface area contributed by atoms with Crippen LogP contribution in [-0.4, -0.2) is 38.9 Å². The minimum Gasteiger partial charge on any atom is -0.349 e. The van der Waals surface area contributed by atoms with Gasteiger partial charge in [0.25, 0.3) is 5.69 Å². The molecule has 0 saturated carbocycles. The van der Waals surface area contributed by atoms with Gasteiger partial charge >= 0.3 is 0 Å². The van der Waals surface area contributed by atoms with E-state index in [2.05, 4.69) is 15.6 Å².